The van der Waals surface area contributed by atoms with Gasteiger partial charge in [-0.2, -0.15) is 5.10 Å². The number of hydrogen-bond acceptors (Lipinski definition) is 4. The Labute approximate surface area is 191 Å². The van der Waals surface area contributed by atoms with Gasteiger partial charge in [-0.3, -0.25) is 9.10 Å². The zero-order chi connectivity index (χ0) is 22.4. The second-order valence-corrected chi connectivity index (χ2v) is 9.36. The van der Waals surface area contributed by atoms with Crippen LogP contribution in [0.25, 0.3) is 0 Å². The monoisotopic (exact) mass is 475 g/mol. The molecule has 0 aliphatic heterocycles. The zero-order valence-electron chi connectivity index (χ0n) is 16.5. The topological polar surface area (TPSA) is 78.8 Å². The Hall–Kier alpha value is -2.87. The average Bonchev–Trinajstić information content (AvgIpc) is 2.74. The normalized spacial score (nSPS) is 11.5. The van der Waals surface area contributed by atoms with E-state index in [4.69, 9.17) is 23.2 Å². The quantitative estimate of drug-likeness (QED) is 0.396. The van der Waals surface area contributed by atoms with Gasteiger partial charge in [-0.15, -0.1) is 0 Å². The number of amides is 1. The lowest BCUT2D eigenvalue weighted by atomic mass is 10.2. The van der Waals surface area contributed by atoms with Crippen molar-refractivity contribution < 1.29 is 13.2 Å². The molecule has 0 fully saturated rings. The van der Waals surface area contributed by atoms with Gasteiger partial charge < -0.3 is 0 Å². The van der Waals surface area contributed by atoms with Crippen molar-refractivity contribution >= 4 is 51.0 Å². The molecule has 3 rings (SSSR count). The Bertz CT molecular complexity index is 1180. The van der Waals surface area contributed by atoms with Crippen LogP contribution in [0.15, 0.2) is 77.9 Å². The van der Waals surface area contributed by atoms with Gasteiger partial charge in [0.05, 0.1) is 34.7 Å². The van der Waals surface area contributed by atoms with Crippen LogP contribution in [0.4, 0.5) is 5.69 Å². The van der Waals surface area contributed by atoms with Gasteiger partial charge in [0.25, 0.3) is 5.91 Å². The van der Waals surface area contributed by atoms with Gasteiger partial charge in [0.15, 0.2) is 0 Å². The minimum absolute atomic E-state index is 0.189. The predicted octanol–water partition coefficient (Wildman–Crippen LogP) is 4.72. The molecule has 6 nitrogen and oxygen atoms in total. The summed E-state index contributed by atoms with van der Waals surface area (Å²) in [5, 5.41) is 4.71. The highest BCUT2D eigenvalue weighted by Gasteiger charge is 2.18. The van der Waals surface area contributed by atoms with E-state index >= 15 is 0 Å². The first kappa shape index (κ1) is 22.8. The molecular formula is C22H19Cl2N3O3S. The van der Waals surface area contributed by atoms with Gasteiger partial charge in [-0.05, 0) is 42.0 Å². The number of nitrogens with one attached hydrogen (secondary N) is 1. The summed E-state index contributed by atoms with van der Waals surface area (Å²) in [5.41, 5.74) is 4.52. The molecule has 1 N–H and O–H groups in total. The van der Waals surface area contributed by atoms with Crippen molar-refractivity contribution in [1.29, 1.82) is 0 Å². The van der Waals surface area contributed by atoms with Crippen molar-refractivity contribution in [2.75, 3.05) is 10.6 Å². The summed E-state index contributed by atoms with van der Waals surface area (Å²) in [5.74, 6) is -0.458. The molecular weight excluding hydrogens is 457 g/mol. The fraction of sp³-hybridized carbons (Fsp3) is 0.0909. The lowest BCUT2D eigenvalue weighted by Crippen LogP contribution is -2.29. The molecule has 1 amide bonds. The van der Waals surface area contributed by atoms with Gasteiger partial charge in [0.2, 0.25) is 10.0 Å². The van der Waals surface area contributed by atoms with Crippen LogP contribution >= 0.6 is 23.2 Å². The predicted molar refractivity (Wildman–Crippen MR) is 125 cm³/mol. The third-order valence-electron chi connectivity index (χ3n) is 4.35. The summed E-state index contributed by atoms with van der Waals surface area (Å²) in [6.45, 7) is 0.189. The van der Waals surface area contributed by atoms with Crippen LogP contribution in [0.1, 0.15) is 21.5 Å². The molecule has 0 aliphatic carbocycles. The van der Waals surface area contributed by atoms with Crippen LogP contribution in [0.5, 0.6) is 0 Å². The summed E-state index contributed by atoms with van der Waals surface area (Å²) in [4.78, 5) is 12.4. The highest BCUT2D eigenvalue weighted by atomic mass is 35.5. The molecule has 0 atom stereocenters. The van der Waals surface area contributed by atoms with E-state index in [0.717, 1.165) is 11.8 Å². The van der Waals surface area contributed by atoms with Gasteiger partial charge in [0.1, 0.15) is 0 Å². The van der Waals surface area contributed by atoms with Crippen LogP contribution in [0, 0.1) is 0 Å². The second-order valence-electron chi connectivity index (χ2n) is 6.64. The number of benzene rings is 3. The number of carbonyl (C=O) groups is 1. The first-order valence-electron chi connectivity index (χ1n) is 9.15. The maximum absolute atomic E-state index is 12.4. The molecule has 3 aromatic rings. The maximum atomic E-state index is 12.4. The number of carbonyl (C=O) groups excluding carboxylic acids is 1. The lowest BCUT2D eigenvalue weighted by Gasteiger charge is -2.22. The summed E-state index contributed by atoms with van der Waals surface area (Å²) < 4.78 is 25.9. The average molecular weight is 476 g/mol. The molecule has 0 radical (unpaired) electrons. The van der Waals surface area contributed by atoms with Crippen LogP contribution < -0.4 is 9.73 Å². The number of nitrogens with zero attached hydrogens (tertiary/aromatic N) is 2. The highest BCUT2D eigenvalue weighted by Crippen LogP contribution is 2.23. The highest BCUT2D eigenvalue weighted by molar-refractivity contribution is 7.92. The number of hydrogen-bond donors (Lipinski definition) is 1. The molecule has 160 valence electrons. The molecule has 0 aromatic heterocycles. The van der Waals surface area contributed by atoms with E-state index in [-0.39, 0.29) is 6.54 Å². The van der Waals surface area contributed by atoms with Crippen LogP contribution in [-0.4, -0.2) is 26.8 Å². The number of sulfonamides is 1. The number of anilines is 1. The summed E-state index contributed by atoms with van der Waals surface area (Å²) in [7, 11) is -3.52. The Morgan fingerprint density at radius 3 is 2.16 bits per heavy atom. The largest absolute Gasteiger partial charge is 0.271 e. The third-order valence-corrected chi connectivity index (χ3v) is 6.15. The molecule has 0 saturated carbocycles. The van der Waals surface area contributed by atoms with Crippen LogP contribution in [-0.2, 0) is 16.6 Å². The lowest BCUT2D eigenvalue weighted by molar-refractivity contribution is 0.0955. The van der Waals surface area contributed by atoms with E-state index in [0.29, 0.717) is 26.9 Å². The first-order chi connectivity index (χ1) is 14.8. The fourth-order valence-corrected chi connectivity index (χ4v) is 4.17. The van der Waals surface area contributed by atoms with Gasteiger partial charge >= 0.3 is 0 Å². The number of halogens is 2. The van der Waals surface area contributed by atoms with Gasteiger partial charge in [-0.1, -0.05) is 59.6 Å². The van der Waals surface area contributed by atoms with Crippen molar-refractivity contribution in [2.45, 2.75) is 6.54 Å². The summed E-state index contributed by atoms with van der Waals surface area (Å²) in [6.07, 6.45) is 2.51. The van der Waals surface area contributed by atoms with Crippen LogP contribution in [0.3, 0.4) is 0 Å². The minimum atomic E-state index is -3.52. The molecule has 9 heteroatoms. The van der Waals surface area contributed by atoms with E-state index < -0.39 is 15.9 Å². The number of hydrazone groups is 1. The molecule has 0 aliphatic rings. The molecule has 0 saturated heterocycles. The number of rotatable bonds is 7. The minimum Gasteiger partial charge on any atom is -0.267 e. The SMILES string of the molecule is CS(=O)(=O)N(Cc1ccccc1)c1ccc(C(=O)NN=Cc2c(Cl)cccc2Cl)cc1. The van der Waals surface area contributed by atoms with E-state index in [1.165, 1.54) is 22.7 Å². The van der Waals surface area contributed by atoms with Crippen molar-refractivity contribution in [1.82, 2.24) is 5.43 Å². The molecule has 0 bridgehead atoms. The molecule has 0 heterocycles. The fourth-order valence-electron chi connectivity index (χ4n) is 2.78. The van der Waals surface area contributed by atoms with Gasteiger partial charge in [0, 0.05) is 11.1 Å². The third kappa shape index (κ3) is 6.07. The second kappa shape index (κ2) is 9.96. The summed E-state index contributed by atoms with van der Waals surface area (Å²) >= 11 is 12.1. The smallest absolute Gasteiger partial charge is 0.267 e. The van der Waals surface area contributed by atoms with Crippen LogP contribution in [0.2, 0.25) is 10.0 Å². The van der Waals surface area contributed by atoms with E-state index in [2.05, 4.69) is 10.5 Å². The molecule has 0 spiro atoms. The molecule has 0 unspecified atom stereocenters. The standard InChI is InChI=1S/C22H19Cl2N3O3S/c1-31(29,30)27(15-16-6-3-2-4-7-16)18-12-10-17(11-13-18)22(28)26-25-14-19-20(23)8-5-9-21(19)24/h2-14H,15H2,1H3,(H,26,28). The molecule has 31 heavy (non-hydrogen) atoms. The summed E-state index contributed by atoms with van der Waals surface area (Å²) in [6, 6.07) is 20.5. The van der Waals surface area contributed by atoms with Gasteiger partial charge in [-0.25, -0.2) is 13.8 Å². The van der Waals surface area contributed by atoms with E-state index in [1.54, 1.807) is 30.3 Å². The Kier molecular flexibility index (Phi) is 7.33. The van der Waals surface area contributed by atoms with E-state index in [9.17, 15) is 13.2 Å². The maximum Gasteiger partial charge on any atom is 0.271 e. The van der Waals surface area contributed by atoms with Crippen molar-refractivity contribution in [3.63, 3.8) is 0 Å². The Morgan fingerprint density at radius 2 is 1.58 bits per heavy atom. The Balaban J connectivity index is 1.73. The zero-order valence-corrected chi connectivity index (χ0v) is 18.8. The van der Waals surface area contributed by atoms with Crippen molar-refractivity contribution in [2.24, 2.45) is 5.10 Å². The van der Waals surface area contributed by atoms with E-state index in [1.807, 2.05) is 30.3 Å². The molecule has 3 aromatic carbocycles. The van der Waals surface area contributed by atoms with Crippen molar-refractivity contribution in [3.8, 4) is 0 Å². The Morgan fingerprint density at radius 1 is 0.968 bits per heavy atom. The van der Waals surface area contributed by atoms with Crippen molar-refractivity contribution in [3.05, 3.63) is 99.5 Å². The first-order valence-corrected chi connectivity index (χ1v) is 11.8.